The van der Waals surface area contributed by atoms with Gasteiger partial charge in [-0.2, -0.15) is 0 Å². The number of ether oxygens (including phenoxy) is 1. The van der Waals surface area contributed by atoms with Crippen LogP contribution in [0.4, 0.5) is 4.39 Å². The second-order valence-corrected chi connectivity index (χ2v) is 5.67. The van der Waals surface area contributed by atoms with Gasteiger partial charge in [0.25, 0.3) is 0 Å². The van der Waals surface area contributed by atoms with Crippen LogP contribution in [-0.4, -0.2) is 58.3 Å². The van der Waals surface area contributed by atoms with Crippen LogP contribution < -0.4 is 10.6 Å². The first-order chi connectivity index (χ1) is 11.0. The predicted molar refractivity (Wildman–Crippen MR) is 93.4 cm³/mol. The lowest BCUT2D eigenvalue weighted by molar-refractivity contribution is 0.162. The Labute approximate surface area is 138 Å². The normalized spacial score (nSPS) is 13.3. The molecule has 0 spiro atoms. The molecule has 0 radical (unpaired) electrons. The number of hydrogen-bond acceptors (Lipinski definition) is 3. The van der Waals surface area contributed by atoms with Gasteiger partial charge in [-0.15, -0.1) is 0 Å². The number of rotatable bonds is 8. The maximum atomic E-state index is 13.7. The molecule has 6 heteroatoms. The fourth-order valence-electron chi connectivity index (χ4n) is 2.09. The smallest absolute Gasteiger partial charge is 0.191 e. The molecule has 0 heterocycles. The number of nitrogens with zero attached hydrogens (tertiary/aromatic N) is 2. The Bertz CT molecular complexity index is 507. The summed E-state index contributed by atoms with van der Waals surface area (Å²) in [6.07, 6.45) is 0. The van der Waals surface area contributed by atoms with Gasteiger partial charge in [0.05, 0.1) is 12.6 Å². The van der Waals surface area contributed by atoms with E-state index in [-0.39, 0.29) is 11.9 Å². The fourth-order valence-corrected chi connectivity index (χ4v) is 2.09. The molecule has 0 bridgehead atoms. The average molecular weight is 324 g/mol. The Morgan fingerprint density at radius 1 is 1.39 bits per heavy atom. The van der Waals surface area contributed by atoms with Crippen LogP contribution in [0.3, 0.4) is 0 Å². The van der Waals surface area contributed by atoms with Gasteiger partial charge in [-0.05, 0) is 38.1 Å². The van der Waals surface area contributed by atoms with Crippen LogP contribution in [0.2, 0.25) is 0 Å². The highest BCUT2D eigenvalue weighted by Gasteiger charge is 2.09. The van der Waals surface area contributed by atoms with Crippen molar-refractivity contribution in [2.24, 2.45) is 4.99 Å². The number of hydrogen-bond donors (Lipinski definition) is 2. The molecule has 0 fully saturated rings. The zero-order valence-electron chi connectivity index (χ0n) is 14.8. The van der Waals surface area contributed by atoms with Gasteiger partial charge in [-0.3, -0.25) is 4.99 Å². The quantitative estimate of drug-likeness (QED) is 0.567. The second kappa shape index (κ2) is 10.2. The molecule has 0 aliphatic rings. The first-order valence-corrected chi connectivity index (χ1v) is 7.88. The minimum atomic E-state index is -0.182. The topological polar surface area (TPSA) is 48.9 Å². The molecule has 5 nitrogen and oxygen atoms in total. The summed E-state index contributed by atoms with van der Waals surface area (Å²) in [5, 5.41) is 6.54. The lowest BCUT2D eigenvalue weighted by atomic mass is 10.1. The summed E-state index contributed by atoms with van der Waals surface area (Å²) in [5.74, 6) is 0.525. The van der Waals surface area contributed by atoms with Crippen molar-refractivity contribution < 1.29 is 9.13 Å². The number of aryl methyl sites for hydroxylation is 1. The molecule has 130 valence electrons. The molecule has 0 saturated carbocycles. The third-order valence-electron chi connectivity index (χ3n) is 3.74. The maximum Gasteiger partial charge on any atom is 0.191 e. The van der Waals surface area contributed by atoms with Gasteiger partial charge in [-0.1, -0.05) is 12.1 Å². The highest BCUT2D eigenvalue weighted by atomic mass is 19.1. The van der Waals surface area contributed by atoms with E-state index in [0.717, 1.165) is 31.8 Å². The zero-order valence-corrected chi connectivity index (χ0v) is 14.8. The van der Waals surface area contributed by atoms with Gasteiger partial charge < -0.3 is 20.3 Å². The zero-order chi connectivity index (χ0) is 17.2. The van der Waals surface area contributed by atoms with E-state index in [1.807, 2.05) is 13.0 Å². The van der Waals surface area contributed by atoms with Crippen molar-refractivity contribution in [3.63, 3.8) is 0 Å². The van der Waals surface area contributed by atoms with Crippen LogP contribution in [0.1, 0.15) is 24.1 Å². The highest BCUT2D eigenvalue weighted by molar-refractivity contribution is 5.80. The predicted octanol–water partition coefficient (Wildman–Crippen LogP) is 1.94. The third kappa shape index (κ3) is 6.97. The van der Waals surface area contributed by atoms with Crippen molar-refractivity contribution in [3.05, 3.63) is 35.1 Å². The van der Waals surface area contributed by atoms with Gasteiger partial charge in [0.15, 0.2) is 5.96 Å². The Hall–Kier alpha value is -1.66. The van der Waals surface area contributed by atoms with E-state index in [1.54, 1.807) is 33.2 Å². The van der Waals surface area contributed by atoms with Gasteiger partial charge in [-0.25, -0.2) is 4.39 Å². The van der Waals surface area contributed by atoms with Crippen LogP contribution in [0.15, 0.2) is 23.2 Å². The second-order valence-electron chi connectivity index (χ2n) is 5.67. The van der Waals surface area contributed by atoms with Crippen molar-refractivity contribution in [2.45, 2.75) is 19.9 Å². The molecular formula is C17H29FN4O. The SMILES string of the molecule is CN=C(NCCN(C)CCOC)NC(C)c1ccc(C)c(F)c1. The highest BCUT2D eigenvalue weighted by Crippen LogP contribution is 2.16. The van der Waals surface area contributed by atoms with Crippen LogP contribution in [0.25, 0.3) is 0 Å². The summed E-state index contributed by atoms with van der Waals surface area (Å²) in [4.78, 5) is 6.39. The molecule has 0 aliphatic carbocycles. The summed E-state index contributed by atoms with van der Waals surface area (Å²) in [6.45, 7) is 7.02. The van der Waals surface area contributed by atoms with E-state index in [0.29, 0.717) is 11.5 Å². The molecular weight excluding hydrogens is 295 g/mol. The maximum absolute atomic E-state index is 13.7. The lowest BCUT2D eigenvalue weighted by Gasteiger charge is -2.20. The Morgan fingerprint density at radius 3 is 2.74 bits per heavy atom. The van der Waals surface area contributed by atoms with Crippen molar-refractivity contribution in [2.75, 3.05) is 47.4 Å². The van der Waals surface area contributed by atoms with Crippen LogP contribution in [0, 0.1) is 12.7 Å². The summed E-state index contributed by atoms with van der Waals surface area (Å²) < 4.78 is 18.7. The number of guanidine groups is 1. The molecule has 0 aromatic heterocycles. The third-order valence-corrected chi connectivity index (χ3v) is 3.74. The lowest BCUT2D eigenvalue weighted by Crippen LogP contribution is -2.42. The summed E-state index contributed by atoms with van der Waals surface area (Å²) >= 11 is 0. The van der Waals surface area contributed by atoms with E-state index >= 15 is 0 Å². The molecule has 23 heavy (non-hydrogen) atoms. The number of halogens is 1. The van der Waals surface area contributed by atoms with Gasteiger partial charge >= 0.3 is 0 Å². The number of methoxy groups -OCH3 is 1. The van der Waals surface area contributed by atoms with Crippen LogP contribution in [-0.2, 0) is 4.74 Å². The Kier molecular flexibility index (Phi) is 8.58. The van der Waals surface area contributed by atoms with E-state index in [9.17, 15) is 4.39 Å². The summed E-state index contributed by atoms with van der Waals surface area (Å²) in [7, 11) is 5.48. The van der Waals surface area contributed by atoms with Gasteiger partial charge in [0.2, 0.25) is 0 Å². The molecule has 1 atom stereocenters. The van der Waals surface area contributed by atoms with E-state index in [2.05, 4.69) is 27.6 Å². The first kappa shape index (κ1) is 19.4. The molecule has 0 amide bonds. The van der Waals surface area contributed by atoms with Crippen molar-refractivity contribution >= 4 is 5.96 Å². The molecule has 0 saturated heterocycles. The number of nitrogens with one attached hydrogen (secondary N) is 2. The van der Waals surface area contributed by atoms with Gasteiger partial charge in [0.1, 0.15) is 5.82 Å². The molecule has 1 aromatic carbocycles. The van der Waals surface area contributed by atoms with E-state index in [1.165, 1.54) is 0 Å². The monoisotopic (exact) mass is 324 g/mol. The molecule has 1 unspecified atom stereocenters. The fraction of sp³-hybridized carbons (Fsp3) is 0.588. The van der Waals surface area contributed by atoms with E-state index < -0.39 is 0 Å². The van der Waals surface area contributed by atoms with Crippen LogP contribution in [0.5, 0.6) is 0 Å². The average Bonchev–Trinajstić information content (AvgIpc) is 2.54. The summed E-state index contributed by atoms with van der Waals surface area (Å²) in [5.41, 5.74) is 1.55. The minimum Gasteiger partial charge on any atom is -0.383 e. The first-order valence-electron chi connectivity index (χ1n) is 7.88. The molecule has 1 rings (SSSR count). The number of benzene rings is 1. The van der Waals surface area contributed by atoms with Gasteiger partial charge in [0, 0.05) is 33.8 Å². The molecule has 2 N–H and O–H groups in total. The molecule has 0 aliphatic heterocycles. The standard InChI is InChI=1S/C17H29FN4O/c1-13-6-7-15(12-16(13)18)14(2)21-17(19-3)20-8-9-22(4)10-11-23-5/h6-7,12,14H,8-11H2,1-5H3,(H2,19,20,21). The number of likely N-dealkylation sites (N-methyl/N-ethyl adjacent to an activating group) is 1. The van der Waals surface area contributed by atoms with Crippen molar-refractivity contribution in [1.29, 1.82) is 0 Å². The molecule has 1 aromatic rings. The van der Waals surface area contributed by atoms with Crippen molar-refractivity contribution in [1.82, 2.24) is 15.5 Å². The Morgan fingerprint density at radius 2 is 2.13 bits per heavy atom. The van der Waals surface area contributed by atoms with Crippen LogP contribution >= 0.6 is 0 Å². The summed E-state index contributed by atoms with van der Waals surface area (Å²) in [6, 6.07) is 5.27. The minimum absolute atomic E-state index is 0.0254. The van der Waals surface area contributed by atoms with Crippen molar-refractivity contribution in [3.8, 4) is 0 Å². The largest absolute Gasteiger partial charge is 0.383 e. The Balaban J connectivity index is 2.45. The van der Waals surface area contributed by atoms with E-state index in [4.69, 9.17) is 4.74 Å². The number of aliphatic imine (C=N–C) groups is 1.